The number of methoxy groups -OCH3 is 1. The second kappa shape index (κ2) is 10.1. The molecule has 0 heterocycles. The zero-order chi connectivity index (χ0) is 22.3. The minimum absolute atomic E-state index is 0.0553. The average Bonchev–Trinajstić information content (AvgIpc) is 2.71. The Balaban J connectivity index is 2.19. The number of hydrogen-bond acceptors (Lipinski definition) is 7. The normalized spacial score (nSPS) is 11.1. The number of nitrogens with zero attached hydrogens (tertiary/aromatic N) is 1. The molecule has 0 aliphatic carbocycles. The number of ether oxygens (including phenoxy) is 1. The molecule has 2 aromatic rings. The maximum Gasteiger partial charge on any atom is 0.352 e. The fourth-order valence-electron chi connectivity index (χ4n) is 2.67. The molecule has 0 aromatic heterocycles. The maximum absolute atomic E-state index is 12.7. The van der Waals surface area contributed by atoms with E-state index in [9.17, 15) is 13.2 Å². The number of nitriles is 1. The highest BCUT2D eigenvalue weighted by molar-refractivity contribution is 7.89. The number of rotatable bonds is 9. The summed E-state index contributed by atoms with van der Waals surface area (Å²) >= 11 is 0. The fourth-order valence-corrected chi connectivity index (χ4v) is 3.90. The second-order valence-electron chi connectivity index (χ2n) is 6.81. The molecule has 2 aromatic carbocycles. The zero-order valence-electron chi connectivity index (χ0n) is 17.3. The molecule has 0 amide bonds. The highest BCUT2D eigenvalue weighted by Gasteiger charge is 2.20. The Morgan fingerprint density at radius 2 is 1.90 bits per heavy atom. The van der Waals surface area contributed by atoms with Gasteiger partial charge in [-0.3, -0.25) is 9.78 Å². The standard InChI is InChI=1S/C21H24N2O6S/c1-14(2)18-7-6-17(20(12-18)29-28-15(3)24)9-10-23-30(25,26)21-11-16(13-22)5-8-19(21)27-4/h5-8,11-12,14,23H,9-10H2,1-4H3. The molecule has 0 fully saturated rings. The molecule has 9 heteroatoms. The van der Waals surface area contributed by atoms with Crippen LogP contribution >= 0.6 is 0 Å². The van der Waals surface area contributed by atoms with Crippen LogP contribution in [0, 0.1) is 11.3 Å². The van der Waals surface area contributed by atoms with Gasteiger partial charge in [-0.1, -0.05) is 26.0 Å². The van der Waals surface area contributed by atoms with Crippen LogP contribution in [0.4, 0.5) is 0 Å². The van der Waals surface area contributed by atoms with E-state index in [4.69, 9.17) is 14.9 Å². The van der Waals surface area contributed by atoms with Crippen LogP contribution in [0.1, 0.15) is 43.4 Å². The van der Waals surface area contributed by atoms with Crippen molar-refractivity contribution in [2.45, 2.75) is 38.0 Å². The van der Waals surface area contributed by atoms with Crippen molar-refractivity contribution in [3.05, 3.63) is 53.1 Å². The van der Waals surface area contributed by atoms with Crippen LogP contribution in [0.15, 0.2) is 41.3 Å². The highest BCUT2D eigenvalue weighted by Crippen LogP contribution is 2.27. The summed E-state index contributed by atoms with van der Waals surface area (Å²) in [4.78, 5) is 20.8. The molecule has 0 radical (unpaired) electrons. The van der Waals surface area contributed by atoms with Crippen LogP contribution < -0.4 is 14.3 Å². The molecule has 1 N–H and O–H groups in total. The molecule has 0 saturated carbocycles. The van der Waals surface area contributed by atoms with Gasteiger partial charge in [0.1, 0.15) is 10.6 Å². The molecular weight excluding hydrogens is 408 g/mol. The molecular formula is C21H24N2O6S. The lowest BCUT2D eigenvalue weighted by Gasteiger charge is -2.14. The summed E-state index contributed by atoms with van der Waals surface area (Å²) in [5.74, 6) is 0.125. The molecule has 30 heavy (non-hydrogen) atoms. The van der Waals surface area contributed by atoms with Crippen molar-refractivity contribution in [3.8, 4) is 17.6 Å². The van der Waals surface area contributed by atoms with Crippen molar-refractivity contribution < 1.29 is 27.7 Å². The van der Waals surface area contributed by atoms with E-state index in [0.717, 1.165) is 5.56 Å². The summed E-state index contributed by atoms with van der Waals surface area (Å²) in [5, 5.41) is 9.04. The first kappa shape index (κ1) is 23.2. The number of carbonyl (C=O) groups is 1. The van der Waals surface area contributed by atoms with Crippen molar-refractivity contribution in [2.24, 2.45) is 0 Å². The SMILES string of the molecule is COc1ccc(C#N)cc1S(=O)(=O)NCCc1ccc(C(C)C)cc1OOC(C)=O. The Hall–Kier alpha value is -3.09. The first-order valence-electron chi connectivity index (χ1n) is 9.23. The Morgan fingerprint density at radius 1 is 1.17 bits per heavy atom. The van der Waals surface area contributed by atoms with Gasteiger partial charge in [-0.2, -0.15) is 5.26 Å². The van der Waals surface area contributed by atoms with Crippen LogP contribution in [-0.4, -0.2) is 28.0 Å². The number of hydrogen-bond donors (Lipinski definition) is 1. The molecule has 0 atom stereocenters. The van der Waals surface area contributed by atoms with Crippen molar-refractivity contribution >= 4 is 16.0 Å². The molecule has 0 bridgehead atoms. The highest BCUT2D eigenvalue weighted by atomic mass is 32.2. The minimum atomic E-state index is -3.92. The number of sulfonamides is 1. The summed E-state index contributed by atoms with van der Waals surface area (Å²) in [6.45, 7) is 5.31. The molecule has 0 unspecified atom stereocenters. The van der Waals surface area contributed by atoms with Gasteiger partial charge in [0.05, 0.1) is 18.7 Å². The molecule has 0 spiro atoms. The van der Waals surface area contributed by atoms with E-state index in [1.165, 1.54) is 32.2 Å². The van der Waals surface area contributed by atoms with Crippen molar-refractivity contribution in [1.29, 1.82) is 5.26 Å². The van der Waals surface area contributed by atoms with E-state index in [0.29, 0.717) is 11.3 Å². The van der Waals surface area contributed by atoms with Crippen molar-refractivity contribution in [2.75, 3.05) is 13.7 Å². The van der Waals surface area contributed by atoms with Crippen molar-refractivity contribution in [3.63, 3.8) is 0 Å². The van der Waals surface area contributed by atoms with Gasteiger partial charge in [0.25, 0.3) is 0 Å². The predicted octanol–water partition coefficient (Wildman–Crippen LogP) is 3.07. The number of carbonyl (C=O) groups excluding carboxylic acids is 1. The van der Waals surface area contributed by atoms with Gasteiger partial charge >= 0.3 is 5.97 Å². The molecule has 0 saturated heterocycles. The van der Waals surface area contributed by atoms with Crippen LogP contribution in [0.2, 0.25) is 0 Å². The zero-order valence-corrected chi connectivity index (χ0v) is 18.1. The van der Waals surface area contributed by atoms with Gasteiger partial charge in [0.2, 0.25) is 10.0 Å². The van der Waals surface area contributed by atoms with E-state index in [1.54, 1.807) is 12.1 Å². The van der Waals surface area contributed by atoms with E-state index in [1.807, 2.05) is 26.0 Å². The molecule has 0 aliphatic heterocycles. The smallest absolute Gasteiger partial charge is 0.352 e. The van der Waals surface area contributed by atoms with Crippen LogP contribution in [0.5, 0.6) is 11.5 Å². The van der Waals surface area contributed by atoms with Gasteiger partial charge < -0.3 is 4.74 Å². The molecule has 160 valence electrons. The Morgan fingerprint density at radius 3 is 2.50 bits per heavy atom. The van der Waals surface area contributed by atoms with E-state index >= 15 is 0 Å². The van der Waals surface area contributed by atoms with Crippen LogP contribution in [-0.2, 0) is 26.1 Å². The summed E-state index contributed by atoms with van der Waals surface area (Å²) in [6.07, 6.45) is 0.286. The Kier molecular flexibility index (Phi) is 7.80. The Bertz CT molecular complexity index is 1060. The van der Waals surface area contributed by atoms with Crippen LogP contribution in [0.25, 0.3) is 0 Å². The van der Waals surface area contributed by atoms with Gasteiger partial charge in [-0.05, 0) is 42.2 Å². The minimum Gasteiger partial charge on any atom is -0.495 e. The predicted molar refractivity (Wildman–Crippen MR) is 110 cm³/mol. The third-order valence-corrected chi connectivity index (χ3v) is 5.76. The topological polar surface area (TPSA) is 115 Å². The lowest BCUT2D eigenvalue weighted by molar-refractivity contribution is -0.211. The lowest BCUT2D eigenvalue weighted by Crippen LogP contribution is -2.26. The lowest BCUT2D eigenvalue weighted by atomic mass is 10.00. The third kappa shape index (κ3) is 5.95. The van der Waals surface area contributed by atoms with Gasteiger partial charge in [0, 0.05) is 19.0 Å². The fraction of sp³-hybridized carbons (Fsp3) is 0.333. The molecule has 2 rings (SSSR count). The first-order chi connectivity index (χ1) is 14.2. The maximum atomic E-state index is 12.7. The van der Waals surface area contributed by atoms with Crippen LogP contribution in [0.3, 0.4) is 0 Å². The van der Waals surface area contributed by atoms with E-state index in [2.05, 4.69) is 9.61 Å². The quantitative estimate of drug-likeness (QED) is 0.478. The monoisotopic (exact) mass is 432 g/mol. The van der Waals surface area contributed by atoms with Crippen molar-refractivity contribution in [1.82, 2.24) is 4.72 Å². The van der Waals surface area contributed by atoms with Gasteiger partial charge in [-0.25, -0.2) is 17.9 Å². The largest absolute Gasteiger partial charge is 0.495 e. The van der Waals surface area contributed by atoms with E-state index < -0.39 is 16.0 Å². The molecule has 0 aliphatic rings. The third-order valence-electron chi connectivity index (χ3n) is 4.28. The van der Waals surface area contributed by atoms with Gasteiger partial charge in [-0.15, -0.1) is 0 Å². The second-order valence-corrected chi connectivity index (χ2v) is 8.54. The van der Waals surface area contributed by atoms with Gasteiger partial charge in [0.15, 0.2) is 5.75 Å². The first-order valence-corrected chi connectivity index (χ1v) is 10.7. The Labute approximate surface area is 176 Å². The average molecular weight is 432 g/mol. The summed E-state index contributed by atoms with van der Waals surface area (Å²) < 4.78 is 33.0. The molecule has 8 nitrogen and oxygen atoms in total. The van der Waals surface area contributed by atoms with E-state index in [-0.39, 0.29) is 35.1 Å². The summed E-state index contributed by atoms with van der Waals surface area (Å²) in [6, 6.07) is 11.6. The summed E-state index contributed by atoms with van der Waals surface area (Å²) in [5.41, 5.74) is 1.86. The number of nitrogens with one attached hydrogen (secondary N) is 1. The summed E-state index contributed by atoms with van der Waals surface area (Å²) in [7, 11) is -2.56. The number of benzene rings is 2.